The molecule has 0 spiro atoms. The van der Waals surface area contributed by atoms with Gasteiger partial charge in [-0.1, -0.05) is 35.2 Å². The zero-order valence-corrected chi connectivity index (χ0v) is 24.7. The molecule has 3 aromatic carbocycles. The van der Waals surface area contributed by atoms with Gasteiger partial charge in [-0.3, -0.25) is 0 Å². The maximum Gasteiger partial charge on any atom is 0.284 e. The molecule has 4 aromatic heterocycles. The summed E-state index contributed by atoms with van der Waals surface area (Å²) in [6.07, 6.45) is 2.19. The van der Waals surface area contributed by atoms with Gasteiger partial charge < -0.3 is 18.4 Å². The van der Waals surface area contributed by atoms with E-state index in [1.165, 1.54) is 73.8 Å². The van der Waals surface area contributed by atoms with Crippen molar-refractivity contribution in [2.45, 2.75) is 0 Å². The van der Waals surface area contributed by atoms with Gasteiger partial charge in [-0.2, -0.15) is 10.9 Å². The minimum atomic E-state index is -3.62. The second-order valence-corrected chi connectivity index (χ2v) is 11.1. The summed E-state index contributed by atoms with van der Waals surface area (Å²) in [5.41, 5.74) is -3.16. The number of rotatable bonds is 8. The van der Waals surface area contributed by atoms with Crippen molar-refractivity contribution in [2.24, 2.45) is 0 Å². The normalized spacial score (nSPS) is 12.2. The molecule has 0 fully saturated rings. The first-order chi connectivity index (χ1) is 24.0. The van der Waals surface area contributed by atoms with Crippen LogP contribution in [0.3, 0.4) is 0 Å². The van der Waals surface area contributed by atoms with Gasteiger partial charge in [0, 0.05) is 24.8 Å². The minimum Gasteiger partial charge on any atom is -0.413 e. The van der Waals surface area contributed by atoms with E-state index in [2.05, 4.69) is 20.4 Å². The van der Waals surface area contributed by atoms with E-state index in [0.29, 0.717) is 0 Å². The number of aromatic nitrogens is 8. The van der Waals surface area contributed by atoms with Crippen LogP contribution in [0.1, 0.15) is 0 Å². The molecular formula is C30H16B2F10N8-2. The van der Waals surface area contributed by atoms with Crippen molar-refractivity contribution < 1.29 is 43.9 Å². The van der Waals surface area contributed by atoms with Crippen LogP contribution in [0, 0.1) is 58.2 Å². The molecule has 0 N–H and O–H groups in total. The number of hydrogen-bond donors (Lipinski definition) is 0. The number of hydrogen-bond acceptors (Lipinski definition) is 4. The van der Waals surface area contributed by atoms with E-state index in [9.17, 15) is 26.3 Å². The third kappa shape index (κ3) is 4.29. The molecule has 0 saturated heterocycles. The molecule has 0 radical (unpaired) electrons. The van der Waals surface area contributed by atoms with E-state index in [-0.39, 0.29) is 10.9 Å². The molecule has 0 bridgehead atoms. The average molecular weight is 700 g/mol. The Bertz CT molecular complexity index is 2040. The molecule has 7 rings (SSSR count). The monoisotopic (exact) mass is 700 g/mol. The summed E-state index contributed by atoms with van der Waals surface area (Å²) < 4.78 is 155. The Labute approximate surface area is 273 Å². The highest BCUT2D eigenvalue weighted by atomic mass is 19.2. The Hall–Kier alpha value is -6.07. The lowest BCUT2D eigenvalue weighted by Gasteiger charge is -2.45. The Morgan fingerprint density at radius 2 is 0.560 bits per heavy atom. The van der Waals surface area contributed by atoms with Crippen molar-refractivity contribution in [3.8, 4) is 0 Å². The summed E-state index contributed by atoms with van der Waals surface area (Å²) >= 11 is 0. The highest BCUT2D eigenvalue weighted by molar-refractivity contribution is 7.01. The molecule has 0 aliphatic rings. The lowest BCUT2D eigenvalue weighted by Crippen LogP contribution is -2.74. The van der Waals surface area contributed by atoms with Gasteiger partial charge in [-0.05, 0) is 49.1 Å². The molecule has 0 atom stereocenters. The number of halogens is 10. The Morgan fingerprint density at radius 1 is 0.340 bits per heavy atom. The maximum atomic E-state index is 15.8. The molecule has 20 heteroatoms. The smallest absolute Gasteiger partial charge is 0.284 e. The van der Waals surface area contributed by atoms with E-state index >= 15 is 17.6 Å². The molecule has 0 saturated carbocycles. The van der Waals surface area contributed by atoms with Crippen LogP contribution in [-0.2, 0) is 0 Å². The molecule has 0 aliphatic carbocycles. The Kier molecular flexibility index (Phi) is 7.67. The quantitative estimate of drug-likeness (QED) is 0.106. The molecule has 0 amide bonds. The van der Waals surface area contributed by atoms with Crippen LogP contribution < -0.4 is 21.9 Å². The first-order valence-electron chi connectivity index (χ1n) is 14.4. The fourth-order valence-electron chi connectivity index (χ4n) is 6.71. The molecule has 4 heterocycles. The summed E-state index contributed by atoms with van der Waals surface area (Å²) in [5, 5.41) is 16.3. The molecule has 254 valence electrons. The van der Waals surface area contributed by atoms with E-state index in [4.69, 9.17) is 0 Å². The van der Waals surface area contributed by atoms with Crippen LogP contribution in [0.25, 0.3) is 0 Å². The van der Waals surface area contributed by atoms with Crippen LogP contribution in [0.2, 0.25) is 0 Å². The summed E-state index contributed by atoms with van der Waals surface area (Å²) in [7, 11) is 0. The summed E-state index contributed by atoms with van der Waals surface area (Å²) in [5.74, 6) is -22.7. The average Bonchev–Trinajstić information content (AvgIpc) is 3.97. The lowest BCUT2D eigenvalue weighted by molar-refractivity contribution is 0.383. The van der Waals surface area contributed by atoms with Gasteiger partial charge in [0.1, 0.15) is 23.3 Å². The van der Waals surface area contributed by atoms with Crippen LogP contribution in [-0.4, -0.2) is 51.6 Å². The first kappa shape index (κ1) is 32.5. The number of benzene rings is 3. The van der Waals surface area contributed by atoms with E-state index in [1.54, 1.807) is 0 Å². The van der Waals surface area contributed by atoms with E-state index in [0.717, 1.165) is 42.6 Å². The molecule has 7 aromatic rings. The van der Waals surface area contributed by atoms with E-state index in [1.807, 2.05) is 0 Å². The lowest BCUT2D eigenvalue weighted by atomic mass is 9.35. The second kappa shape index (κ2) is 11.8. The van der Waals surface area contributed by atoms with Crippen molar-refractivity contribution >= 4 is 34.7 Å². The van der Waals surface area contributed by atoms with Gasteiger partial charge >= 0.3 is 0 Å². The maximum absolute atomic E-state index is 15.8. The largest absolute Gasteiger partial charge is 0.413 e. The van der Waals surface area contributed by atoms with E-state index < -0.39 is 81.9 Å². The van der Waals surface area contributed by atoms with Crippen molar-refractivity contribution in [3.05, 3.63) is 156 Å². The van der Waals surface area contributed by atoms with Crippen molar-refractivity contribution in [1.82, 2.24) is 38.8 Å². The first-order valence-corrected chi connectivity index (χ1v) is 14.4. The molecule has 0 aliphatic heterocycles. The van der Waals surface area contributed by atoms with Gasteiger partial charge in [0.25, 0.3) is 12.8 Å². The van der Waals surface area contributed by atoms with Crippen LogP contribution in [0.15, 0.2) is 98.1 Å². The highest BCUT2D eigenvalue weighted by Gasteiger charge is 2.45. The summed E-state index contributed by atoms with van der Waals surface area (Å²) in [4.78, 5) is 0. The zero-order valence-electron chi connectivity index (χ0n) is 24.7. The van der Waals surface area contributed by atoms with Gasteiger partial charge in [0.2, 0.25) is 0 Å². The third-order valence-electron chi connectivity index (χ3n) is 8.79. The Balaban J connectivity index is 1.60. The third-order valence-corrected chi connectivity index (χ3v) is 8.79. The van der Waals surface area contributed by atoms with Crippen molar-refractivity contribution in [3.63, 3.8) is 0 Å². The topological polar surface area (TPSA) is 71.3 Å². The fourth-order valence-corrected chi connectivity index (χ4v) is 6.71. The predicted octanol–water partition coefficient (Wildman–Crippen LogP) is 3.17. The highest BCUT2D eigenvalue weighted by Crippen LogP contribution is 2.24. The summed E-state index contributed by atoms with van der Waals surface area (Å²) in [6.45, 7) is 0. The van der Waals surface area contributed by atoms with Gasteiger partial charge in [0.15, 0.2) is 34.9 Å². The van der Waals surface area contributed by atoms with Crippen molar-refractivity contribution in [1.29, 1.82) is 0 Å². The fraction of sp³-hybridized carbons (Fsp3) is 0. The van der Waals surface area contributed by atoms with Crippen LogP contribution >= 0.6 is 0 Å². The molecule has 50 heavy (non-hydrogen) atoms. The zero-order chi connectivity index (χ0) is 35.5. The van der Waals surface area contributed by atoms with Crippen LogP contribution in [0.5, 0.6) is 0 Å². The molecular weight excluding hydrogens is 684 g/mol. The Morgan fingerprint density at radius 3 is 0.760 bits per heavy atom. The van der Waals surface area contributed by atoms with Crippen LogP contribution in [0.4, 0.5) is 43.9 Å². The minimum absolute atomic E-state index is 0.229. The number of nitrogens with zero attached hydrogens (tertiary/aromatic N) is 8. The van der Waals surface area contributed by atoms with Crippen molar-refractivity contribution in [2.75, 3.05) is 0 Å². The predicted molar refractivity (Wildman–Crippen MR) is 159 cm³/mol. The molecule has 0 unspecified atom stereocenters. The van der Waals surface area contributed by atoms with Gasteiger partial charge in [0.05, 0.1) is 0 Å². The standard InChI is InChI=1S/C30H16B2F10N8/c33-21-19(22(34)26(38)29(41)25(21)37)31(47-13-1-9-43-47,48-14-2-10-44-48)17-5-7-18(8-6-17)32(49-15-3-11-45-49,50-16-4-12-46-50)20-23(35)27(39)30(42)28(40)24(20)36/h1-16H/q-2. The van der Waals surface area contributed by atoms with Gasteiger partial charge in [-0.15, -0.1) is 0 Å². The van der Waals surface area contributed by atoms with Gasteiger partial charge in [-0.25, -0.2) is 64.3 Å². The SMILES string of the molecule is Fc1c(F)c(F)c([B-](c2ccc([B-](c3c(F)c(F)c(F)c(F)c3F)(n3cccn3)n3cccn3)cc2)(n2cccn2)n2cccn2)c(F)c1F. The summed E-state index contributed by atoms with van der Waals surface area (Å²) in [6, 6.07) is 9.66. The second-order valence-electron chi connectivity index (χ2n) is 11.1. The molecule has 8 nitrogen and oxygen atoms in total.